The number of rotatable bonds is 4. The highest BCUT2D eigenvalue weighted by atomic mass is 16.3. The SMILES string of the molecule is C=C(CNC(C)(C)C)CN1CCCC(C)(O)CC1. The van der Waals surface area contributed by atoms with Gasteiger partial charge in [0.05, 0.1) is 5.60 Å². The molecule has 3 heteroatoms. The normalized spacial score (nSPS) is 26.9. The summed E-state index contributed by atoms with van der Waals surface area (Å²) >= 11 is 0. The van der Waals surface area contributed by atoms with E-state index in [0.717, 1.165) is 45.4 Å². The molecule has 1 unspecified atom stereocenters. The van der Waals surface area contributed by atoms with Gasteiger partial charge in [0, 0.05) is 25.2 Å². The Morgan fingerprint density at radius 3 is 2.61 bits per heavy atom. The summed E-state index contributed by atoms with van der Waals surface area (Å²) in [5.41, 5.74) is 0.900. The molecule has 2 N–H and O–H groups in total. The summed E-state index contributed by atoms with van der Waals surface area (Å²) in [7, 11) is 0. The molecule has 0 aromatic heterocycles. The summed E-state index contributed by atoms with van der Waals surface area (Å²) in [6, 6.07) is 0. The van der Waals surface area contributed by atoms with Crippen molar-refractivity contribution in [2.45, 2.75) is 58.1 Å². The van der Waals surface area contributed by atoms with Crippen molar-refractivity contribution in [1.82, 2.24) is 10.2 Å². The third-order valence-corrected chi connectivity index (χ3v) is 3.47. The number of aliphatic hydroxyl groups is 1. The molecule has 18 heavy (non-hydrogen) atoms. The van der Waals surface area contributed by atoms with Gasteiger partial charge >= 0.3 is 0 Å². The molecule has 1 saturated heterocycles. The Morgan fingerprint density at radius 2 is 2.00 bits per heavy atom. The van der Waals surface area contributed by atoms with Crippen molar-refractivity contribution in [1.29, 1.82) is 0 Å². The van der Waals surface area contributed by atoms with Crippen molar-refractivity contribution in [3.63, 3.8) is 0 Å². The van der Waals surface area contributed by atoms with Crippen LogP contribution in [0.25, 0.3) is 0 Å². The first-order valence-corrected chi connectivity index (χ1v) is 7.04. The molecular formula is C15H30N2O. The number of nitrogens with zero attached hydrogens (tertiary/aromatic N) is 1. The Hall–Kier alpha value is -0.380. The van der Waals surface area contributed by atoms with Crippen molar-refractivity contribution in [2.24, 2.45) is 0 Å². The highest BCUT2D eigenvalue weighted by molar-refractivity contribution is 5.01. The number of nitrogens with one attached hydrogen (secondary N) is 1. The molecule has 1 heterocycles. The van der Waals surface area contributed by atoms with E-state index in [0.29, 0.717) is 0 Å². The van der Waals surface area contributed by atoms with Gasteiger partial charge in [0.2, 0.25) is 0 Å². The van der Waals surface area contributed by atoms with Crippen molar-refractivity contribution < 1.29 is 5.11 Å². The highest BCUT2D eigenvalue weighted by Gasteiger charge is 2.24. The lowest BCUT2D eigenvalue weighted by atomic mass is 9.98. The summed E-state index contributed by atoms with van der Waals surface area (Å²) in [5.74, 6) is 0. The lowest BCUT2D eigenvalue weighted by molar-refractivity contribution is 0.0449. The molecule has 0 amide bonds. The maximum absolute atomic E-state index is 10.1. The first-order chi connectivity index (χ1) is 8.18. The first-order valence-electron chi connectivity index (χ1n) is 7.04. The molecule has 0 radical (unpaired) electrons. The Bertz CT molecular complexity index is 279. The maximum Gasteiger partial charge on any atom is 0.0632 e. The van der Waals surface area contributed by atoms with Gasteiger partial charge in [0.1, 0.15) is 0 Å². The molecular weight excluding hydrogens is 224 g/mol. The van der Waals surface area contributed by atoms with E-state index in [1.54, 1.807) is 0 Å². The molecule has 3 nitrogen and oxygen atoms in total. The van der Waals surface area contributed by atoms with E-state index in [2.05, 4.69) is 37.6 Å². The van der Waals surface area contributed by atoms with Gasteiger partial charge in [-0.3, -0.25) is 4.90 Å². The van der Waals surface area contributed by atoms with E-state index in [9.17, 15) is 5.11 Å². The summed E-state index contributed by atoms with van der Waals surface area (Å²) in [6.07, 6.45) is 2.86. The monoisotopic (exact) mass is 254 g/mol. The van der Waals surface area contributed by atoms with Crippen LogP contribution in [0.4, 0.5) is 0 Å². The topological polar surface area (TPSA) is 35.5 Å². The molecule has 0 spiro atoms. The predicted octanol–water partition coefficient (Wildman–Crippen LogP) is 2.17. The zero-order chi connectivity index (χ0) is 13.8. The fourth-order valence-electron chi connectivity index (χ4n) is 2.24. The van der Waals surface area contributed by atoms with Crippen LogP contribution in [0.3, 0.4) is 0 Å². The molecule has 0 aromatic carbocycles. The van der Waals surface area contributed by atoms with E-state index in [-0.39, 0.29) is 5.54 Å². The minimum absolute atomic E-state index is 0.144. The molecule has 0 aromatic rings. The Kier molecular flexibility index (Phi) is 5.38. The van der Waals surface area contributed by atoms with Gasteiger partial charge in [-0.05, 0) is 59.1 Å². The molecule has 0 saturated carbocycles. The number of hydrogen-bond acceptors (Lipinski definition) is 3. The lowest BCUT2D eigenvalue weighted by Gasteiger charge is -2.25. The Labute approximate surface area is 112 Å². The van der Waals surface area contributed by atoms with Gasteiger partial charge in [-0.2, -0.15) is 0 Å². The van der Waals surface area contributed by atoms with E-state index in [1.807, 2.05) is 6.92 Å². The second kappa shape index (κ2) is 6.18. The molecule has 0 aliphatic carbocycles. The smallest absolute Gasteiger partial charge is 0.0632 e. The Morgan fingerprint density at radius 1 is 1.33 bits per heavy atom. The minimum atomic E-state index is -0.472. The van der Waals surface area contributed by atoms with Gasteiger partial charge in [0.15, 0.2) is 0 Å². The average molecular weight is 254 g/mol. The first kappa shape index (κ1) is 15.7. The quantitative estimate of drug-likeness (QED) is 0.755. The molecule has 0 bridgehead atoms. The fourth-order valence-corrected chi connectivity index (χ4v) is 2.24. The summed E-state index contributed by atoms with van der Waals surface area (Å²) in [4.78, 5) is 2.41. The Balaban J connectivity index is 2.32. The molecule has 1 fully saturated rings. The van der Waals surface area contributed by atoms with Gasteiger partial charge < -0.3 is 10.4 Å². The molecule has 1 aliphatic rings. The van der Waals surface area contributed by atoms with Crippen molar-refractivity contribution in [2.75, 3.05) is 26.2 Å². The van der Waals surface area contributed by atoms with E-state index in [4.69, 9.17) is 0 Å². The van der Waals surface area contributed by atoms with E-state index in [1.165, 1.54) is 5.57 Å². The van der Waals surface area contributed by atoms with Crippen LogP contribution in [0.2, 0.25) is 0 Å². The van der Waals surface area contributed by atoms with Crippen molar-refractivity contribution >= 4 is 0 Å². The second-order valence-electron chi connectivity index (χ2n) is 6.98. The molecule has 1 aliphatic heterocycles. The van der Waals surface area contributed by atoms with Crippen molar-refractivity contribution in [3.8, 4) is 0 Å². The van der Waals surface area contributed by atoms with Crippen LogP contribution in [0.15, 0.2) is 12.2 Å². The van der Waals surface area contributed by atoms with Gasteiger partial charge in [-0.15, -0.1) is 0 Å². The average Bonchev–Trinajstić information content (AvgIpc) is 2.37. The minimum Gasteiger partial charge on any atom is -0.390 e. The van der Waals surface area contributed by atoms with Gasteiger partial charge in [-0.1, -0.05) is 6.58 Å². The fraction of sp³-hybridized carbons (Fsp3) is 0.867. The zero-order valence-electron chi connectivity index (χ0n) is 12.6. The third kappa shape index (κ3) is 6.53. The van der Waals surface area contributed by atoms with Crippen LogP contribution in [0.5, 0.6) is 0 Å². The third-order valence-electron chi connectivity index (χ3n) is 3.47. The van der Waals surface area contributed by atoms with Crippen LogP contribution in [-0.4, -0.2) is 47.3 Å². The molecule has 1 atom stereocenters. The molecule has 106 valence electrons. The van der Waals surface area contributed by atoms with Gasteiger partial charge in [-0.25, -0.2) is 0 Å². The van der Waals surface area contributed by atoms with Crippen molar-refractivity contribution in [3.05, 3.63) is 12.2 Å². The largest absolute Gasteiger partial charge is 0.390 e. The number of hydrogen-bond donors (Lipinski definition) is 2. The summed E-state index contributed by atoms with van der Waals surface area (Å²) in [6.45, 7) is 16.5. The van der Waals surface area contributed by atoms with Crippen LogP contribution in [0, 0.1) is 0 Å². The summed E-state index contributed by atoms with van der Waals surface area (Å²) in [5, 5.41) is 13.5. The predicted molar refractivity (Wildman–Crippen MR) is 77.8 cm³/mol. The van der Waals surface area contributed by atoms with Crippen LogP contribution < -0.4 is 5.32 Å². The maximum atomic E-state index is 10.1. The molecule has 1 rings (SSSR count). The van der Waals surface area contributed by atoms with Crippen LogP contribution in [0.1, 0.15) is 47.0 Å². The second-order valence-corrected chi connectivity index (χ2v) is 6.98. The number of likely N-dealkylation sites (tertiary alicyclic amines) is 1. The van der Waals surface area contributed by atoms with E-state index >= 15 is 0 Å². The van der Waals surface area contributed by atoms with E-state index < -0.39 is 5.60 Å². The van der Waals surface area contributed by atoms with Crippen LogP contribution >= 0.6 is 0 Å². The highest BCUT2D eigenvalue weighted by Crippen LogP contribution is 2.21. The van der Waals surface area contributed by atoms with Gasteiger partial charge in [0.25, 0.3) is 0 Å². The standard InChI is InChI=1S/C15H30N2O/c1-13(11-16-14(2,3)4)12-17-9-6-7-15(5,18)8-10-17/h16,18H,1,6-12H2,2-5H3. The zero-order valence-corrected chi connectivity index (χ0v) is 12.6. The lowest BCUT2D eigenvalue weighted by Crippen LogP contribution is -2.39. The summed E-state index contributed by atoms with van der Waals surface area (Å²) < 4.78 is 0. The van der Waals surface area contributed by atoms with Crippen LogP contribution in [-0.2, 0) is 0 Å².